The fourth-order valence-electron chi connectivity index (χ4n) is 4.49. The van der Waals surface area contributed by atoms with Crippen LogP contribution in [-0.4, -0.2) is 33.2 Å². The second kappa shape index (κ2) is 8.80. The molecule has 1 amide bonds. The number of Topliss-reactive ketones (excluding diaryl/α,β-unsaturated/α-hetero) is 1. The molecule has 5 heteroatoms. The summed E-state index contributed by atoms with van der Waals surface area (Å²) in [5, 5.41) is 11.8. The maximum atomic E-state index is 13.3. The molecule has 3 aromatic rings. The summed E-state index contributed by atoms with van der Waals surface area (Å²) in [6.07, 6.45) is 2.54. The highest BCUT2D eigenvalue weighted by atomic mass is 16.3. The number of unbranched alkanes of at least 4 members (excludes halogenated alkanes) is 1. The SMILES string of the molecule is CCCCN1C(=O)C(O)=C(C(=O)CCc2ccccc2)C1c1c(C)[nH]c2ccccc12. The van der Waals surface area contributed by atoms with Crippen LogP contribution >= 0.6 is 0 Å². The van der Waals surface area contributed by atoms with Crippen LogP contribution in [0.25, 0.3) is 10.9 Å². The molecule has 160 valence electrons. The number of fused-ring (bicyclic) bond motifs is 1. The number of hydrogen-bond acceptors (Lipinski definition) is 3. The van der Waals surface area contributed by atoms with Gasteiger partial charge in [-0.1, -0.05) is 61.9 Å². The van der Waals surface area contributed by atoms with E-state index in [1.54, 1.807) is 4.90 Å². The zero-order valence-corrected chi connectivity index (χ0v) is 18.0. The predicted molar refractivity (Wildman–Crippen MR) is 122 cm³/mol. The summed E-state index contributed by atoms with van der Waals surface area (Å²) in [4.78, 5) is 31.4. The highest BCUT2D eigenvalue weighted by Crippen LogP contribution is 2.42. The van der Waals surface area contributed by atoms with Gasteiger partial charge in [0.1, 0.15) is 0 Å². The first-order valence-electron chi connectivity index (χ1n) is 10.9. The number of benzene rings is 2. The molecule has 2 heterocycles. The van der Waals surface area contributed by atoms with Crippen LogP contribution in [0.4, 0.5) is 0 Å². The lowest BCUT2D eigenvalue weighted by Crippen LogP contribution is -2.32. The van der Waals surface area contributed by atoms with Crippen LogP contribution in [-0.2, 0) is 16.0 Å². The Morgan fingerprint density at radius 3 is 2.55 bits per heavy atom. The number of nitrogens with one attached hydrogen (secondary N) is 1. The number of H-pyrrole nitrogens is 1. The van der Waals surface area contributed by atoms with Gasteiger partial charge in [-0.25, -0.2) is 0 Å². The Morgan fingerprint density at radius 2 is 1.81 bits per heavy atom. The van der Waals surface area contributed by atoms with Crippen molar-refractivity contribution in [1.29, 1.82) is 0 Å². The average Bonchev–Trinajstić information content (AvgIpc) is 3.24. The second-order valence-electron chi connectivity index (χ2n) is 8.13. The van der Waals surface area contributed by atoms with Gasteiger partial charge in [-0.05, 0) is 31.4 Å². The number of aromatic nitrogens is 1. The maximum absolute atomic E-state index is 13.3. The van der Waals surface area contributed by atoms with Gasteiger partial charge in [0.2, 0.25) is 0 Å². The zero-order chi connectivity index (χ0) is 22.0. The Hall–Kier alpha value is -3.34. The van der Waals surface area contributed by atoms with Crippen molar-refractivity contribution in [1.82, 2.24) is 9.88 Å². The summed E-state index contributed by atoms with van der Waals surface area (Å²) in [5.74, 6) is -1.03. The van der Waals surface area contributed by atoms with Gasteiger partial charge in [-0.3, -0.25) is 9.59 Å². The molecule has 31 heavy (non-hydrogen) atoms. The number of rotatable bonds is 8. The standard InChI is InChI=1S/C26H28N2O3/c1-3-4-16-28-24(22-17(2)27-20-13-9-8-12-19(20)22)23(25(30)26(28)31)21(29)15-14-18-10-6-5-7-11-18/h5-13,24,27,30H,3-4,14-16H2,1-2H3. The summed E-state index contributed by atoms with van der Waals surface area (Å²) in [6.45, 7) is 4.52. The molecular weight excluding hydrogens is 388 g/mol. The van der Waals surface area contributed by atoms with Crippen molar-refractivity contribution in [3.05, 3.63) is 82.8 Å². The van der Waals surface area contributed by atoms with E-state index in [4.69, 9.17) is 0 Å². The third kappa shape index (κ3) is 3.88. The molecule has 0 saturated heterocycles. The van der Waals surface area contributed by atoms with E-state index in [0.717, 1.165) is 40.6 Å². The number of carbonyl (C=O) groups is 2. The highest BCUT2D eigenvalue weighted by Gasteiger charge is 2.44. The number of ketones is 1. The minimum Gasteiger partial charge on any atom is -0.503 e. The molecule has 1 aromatic heterocycles. The van der Waals surface area contributed by atoms with E-state index < -0.39 is 17.7 Å². The van der Waals surface area contributed by atoms with Crippen LogP contribution in [0.15, 0.2) is 65.9 Å². The van der Waals surface area contributed by atoms with E-state index in [0.29, 0.717) is 13.0 Å². The summed E-state index contributed by atoms with van der Waals surface area (Å²) in [7, 11) is 0. The van der Waals surface area contributed by atoms with Crippen molar-refractivity contribution < 1.29 is 14.7 Å². The molecule has 0 aliphatic carbocycles. The lowest BCUT2D eigenvalue weighted by Gasteiger charge is -2.27. The smallest absolute Gasteiger partial charge is 0.290 e. The van der Waals surface area contributed by atoms with E-state index in [1.807, 2.05) is 61.5 Å². The highest BCUT2D eigenvalue weighted by molar-refractivity contribution is 6.09. The lowest BCUT2D eigenvalue weighted by molar-refractivity contribution is -0.129. The third-order valence-electron chi connectivity index (χ3n) is 6.06. The fraction of sp³-hybridized carbons (Fsp3) is 0.308. The van der Waals surface area contributed by atoms with E-state index in [9.17, 15) is 14.7 Å². The Labute approximate surface area is 182 Å². The molecule has 2 aromatic carbocycles. The van der Waals surface area contributed by atoms with Gasteiger partial charge in [-0.2, -0.15) is 0 Å². The number of aryl methyl sites for hydroxylation is 2. The predicted octanol–water partition coefficient (Wildman–Crippen LogP) is 5.17. The summed E-state index contributed by atoms with van der Waals surface area (Å²) < 4.78 is 0. The number of aliphatic hydroxyl groups excluding tert-OH is 1. The Balaban J connectivity index is 1.74. The molecular formula is C26H28N2O3. The molecule has 1 atom stereocenters. The Bertz CT molecular complexity index is 1140. The second-order valence-corrected chi connectivity index (χ2v) is 8.13. The van der Waals surface area contributed by atoms with Crippen molar-refractivity contribution >= 4 is 22.6 Å². The maximum Gasteiger partial charge on any atom is 0.290 e. The summed E-state index contributed by atoms with van der Waals surface area (Å²) in [6, 6.07) is 17.1. The quantitative estimate of drug-likeness (QED) is 0.532. The fourth-order valence-corrected chi connectivity index (χ4v) is 4.49. The number of aromatic amines is 1. The van der Waals surface area contributed by atoms with Crippen molar-refractivity contribution in [2.75, 3.05) is 6.54 Å². The lowest BCUT2D eigenvalue weighted by atomic mass is 9.91. The van der Waals surface area contributed by atoms with E-state index in [2.05, 4.69) is 11.9 Å². The van der Waals surface area contributed by atoms with Gasteiger partial charge < -0.3 is 15.0 Å². The van der Waals surface area contributed by atoms with Gasteiger partial charge in [0.15, 0.2) is 11.5 Å². The van der Waals surface area contributed by atoms with Crippen molar-refractivity contribution in [2.24, 2.45) is 0 Å². The van der Waals surface area contributed by atoms with Crippen molar-refractivity contribution in [3.63, 3.8) is 0 Å². The van der Waals surface area contributed by atoms with E-state index in [1.165, 1.54) is 0 Å². The minimum atomic E-state index is -0.571. The van der Waals surface area contributed by atoms with Gasteiger partial charge in [-0.15, -0.1) is 0 Å². The number of amides is 1. The van der Waals surface area contributed by atoms with Crippen LogP contribution in [0, 0.1) is 6.92 Å². The minimum absolute atomic E-state index is 0.177. The van der Waals surface area contributed by atoms with Crippen LogP contribution < -0.4 is 0 Å². The molecule has 1 aliphatic heterocycles. The van der Waals surface area contributed by atoms with Gasteiger partial charge in [0.05, 0.1) is 11.6 Å². The third-order valence-corrected chi connectivity index (χ3v) is 6.06. The molecule has 2 N–H and O–H groups in total. The normalized spacial score (nSPS) is 16.5. The Kier molecular flexibility index (Phi) is 5.94. The Morgan fingerprint density at radius 1 is 1.10 bits per heavy atom. The molecule has 0 radical (unpaired) electrons. The van der Waals surface area contributed by atoms with E-state index >= 15 is 0 Å². The number of aliphatic hydroxyl groups is 1. The van der Waals surface area contributed by atoms with Crippen LogP contribution in [0.5, 0.6) is 0 Å². The monoisotopic (exact) mass is 416 g/mol. The molecule has 0 saturated carbocycles. The molecule has 0 bridgehead atoms. The van der Waals surface area contributed by atoms with Gasteiger partial charge in [0, 0.05) is 35.1 Å². The first-order chi connectivity index (χ1) is 15.0. The molecule has 0 fully saturated rings. The molecule has 1 unspecified atom stereocenters. The first kappa shape index (κ1) is 20.9. The first-order valence-corrected chi connectivity index (χ1v) is 10.9. The van der Waals surface area contributed by atoms with Crippen LogP contribution in [0.3, 0.4) is 0 Å². The molecule has 5 nitrogen and oxygen atoms in total. The molecule has 0 spiro atoms. The summed E-state index contributed by atoms with van der Waals surface area (Å²) in [5.41, 5.74) is 4.05. The number of carbonyl (C=O) groups excluding carboxylic acids is 2. The van der Waals surface area contributed by atoms with Crippen LogP contribution in [0.2, 0.25) is 0 Å². The van der Waals surface area contributed by atoms with E-state index in [-0.39, 0.29) is 17.8 Å². The largest absolute Gasteiger partial charge is 0.503 e. The number of nitrogens with zero attached hydrogens (tertiary/aromatic N) is 1. The summed E-state index contributed by atoms with van der Waals surface area (Å²) >= 11 is 0. The van der Waals surface area contributed by atoms with Crippen LogP contribution in [0.1, 0.15) is 49.0 Å². The number of hydrogen-bond donors (Lipinski definition) is 2. The molecule has 1 aliphatic rings. The van der Waals surface area contributed by atoms with Gasteiger partial charge in [0.25, 0.3) is 5.91 Å². The van der Waals surface area contributed by atoms with Crippen molar-refractivity contribution in [2.45, 2.75) is 45.6 Å². The molecule has 4 rings (SSSR count). The zero-order valence-electron chi connectivity index (χ0n) is 18.0. The topological polar surface area (TPSA) is 73.4 Å². The van der Waals surface area contributed by atoms with Gasteiger partial charge >= 0.3 is 0 Å². The van der Waals surface area contributed by atoms with Crippen molar-refractivity contribution in [3.8, 4) is 0 Å². The number of para-hydroxylation sites is 1. The average molecular weight is 417 g/mol.